The van der Waals surface area contributed by atoms with E-state index in [1.54, 1.807) is 0 Å². The number of halogens is 2. The minimum atomic E-state index is 0. The van der Waals surface area contributed by atoms with Gasteiger partial charge in [-0.05, 0) is 0 Å². The second-order valence-electron chi connectivity index (χ2n) is 3.93. The smallest absolute Gasteiger partial charge is 1.00 e. The molecule has 0 aromatic heterocycles. The van der Waals surface area contributed by atoms with Gasteiger partial charge in [0.25, 0.3) is 0 Å². The summed E-state index contributed by atoms with van der Waals surface area (Å²) in [7, 11) is 0.750. The molecule has 0 atom stereocenters. The van der Waals surface area contributed by atoms with Crippen molar-refractivity contribution in [2.45, 2.75) is 33.9 Å². The van der Waals surface area contributed by atoms with E-state index < -0.39 is 0 Å². The maximum atomic E-state index is 2.21. The minimum absolute atomic E-state index is 0. The van der Waals surface area contributed by atoms with E-state index in [0.717, 1.165) is 9.52 Å². The maximum Gasteiger partial charge on any atom is 4.00 e. The van der Waals surface area contributed by atoms with E-state index >= 15 is 0 Å². The Hall–Kier alpha value is 0.367. The van der Waals surface area contributed by atoms with E-state index in [2.05, 4.69) is 64.2 Å². The molecule has 0 fully saturated rings. The normalized spacial score (nSPS) is 7.21. The number of hydrogen-bond acceptors (Lipinski definition) is 0. The van der Waals surface area contributed by atoms with E-state index in [-0.39, 0.29) is 50.7 Å². The van der Waals surface area contributed by atoms with Crippen LogP contribution in [0.1, 0.15) is 16.7 Å². The van der Waals surface area contributed by atoms with Gasteiger partial charge in [0.2, 0.25) is 0 Å². The fourth-order valence-corrected chi connectivity index (χ4v) is 1.07. The third kappa shape index (κ3) is 16.3. The average Bonchev–Trinajstić information content (AvgIpc) is 2.83. The van der Waals surface area contributed by atoms with Crippen LogP contribution in [0.4, 0.5) is 0 Å². The van der Waals surface area contributed by atoms with Gasteiger partial charge in [0.1, 0.15) is 0 Å². The topological polar surface area (TPSA) is 0 Å². The summed E-state index contributed by atoms with van der Waals surface area (Å²) in [5, 5.41) is 0. The van der Waals surface area contributed by atoms with Crippen LogP contribution in [0.3, 0.4) is 0 Å². The van der Waals surface area contributed by atoms with Crippen molar-refractivity contribution in [2.75, 3.05) is 0 Å². The van der Waals surface area contributed by atoms with Crippen molar-refractivity contribution in [2.24, 2.45) is 0 Å². The fraction of sp³-hybridized carbons (Fsp3) is 0.333. The third-order valence-corrected chi connectivity index (χ3v) is 2.14. The van der Waals surface area contributed by atoms with E-state index in [9.17, 15) is 0 Å². The van der Waals surface area contributed by atoms with Crippen molar-refractivity contribution in [3.63, 3.8) is 0 Å². The predicted molar refractivity (Wildman–Crippen MR) is 77.2 cm³/mol. The van der Waals surface area contributed by atoms with E-state index in [1.165, 1.54) is 16.7 Å². The number of rotatable bonds is 0. The van der Waals surface area contributed by atoms with Crippen LogP contribution < -0.4 is 24.8 Å². The molecule has 0 aliphatic rings. The van der Waals surface area contributed by atoms with Crippen LogP contribution in [0.15, 0.2) is 42.5 Å². The Kier molecular flexibility index (Phi) is 26.7. The van der Waals surface area contributed by atoms with Gasteiger partial charge in [0.05, 0.1) is 0 Å². The summed E-state index contributed by atoms with van der Waals surface area (Å²) >= 11 is 0. The number of hydrogen-bond donors (Lipinski definition) is 0. The summed E-state index contributed by atoms with van der Waals surface area (Å²) < 4.78 is 0. The zero-order valence-corrected chi connectivity index (χ0v) is 18.6. The summed E-state index contributed by atoms with van der Waals surface area (Å²) in [5.41, 5.74) is 4.12. The van der Waals surface area contributed by atoms with E-state index in [4.69, 9.17) is 0 Å². The minimum Gasteiger partial charge on any atom is -1.00 e. The molecule has 19 heavy (non-hydrogen) atoms. The standard InChI is InChI=1S/C7H9.C6H7.C2H7Si.2ClH.Hf/c1-6-4-3-5-7(6)2;1-6-4-2-3-5-6;1-3-2;;;/h3-5H,1-2H3;2-5H,1H3;3H,1-2H3;2*1H;/q2*-1;;;;+4/p-2. The summed E-state index contributed by atoms with van der Waals surface area (Å²) in [6, 6.07) is 14.6. The molecular weight excluding hydrogens is 458 g/mol. The van der Waals surface area contributed by atoms with Crippen molar-refractivity contribution in [1.29, 1.82) is 0 Å². The number of aryl methyl sites for hydroxylation is 3. The molecule has 2 rings (SSSR count). The van der Waals surface area contributed by atoms with Gasteiger partial charge in [0.15, 0.2) is 0 Å². The molecule has 0 unspecified atom stereocenters. The molecule has 0 saturated carbocycles. The maximum absolute atomic E-state index is 2.21. The van der Waals surface area contributed by atoms with Crippen LogP contribution in [0.2, 0.25) is 13.1 Å². The van der Waals surface area contributed by atoms with Gasteiger partial charge in [-0.1, -0.05) is 33.9 Å². The van der Waals surface area contributed by atoms with Gasteiger partial charge in [-0.25, -0.2) is 24.3 Å². The monoisotopic (exact) mass is 481 g/mol. The average molecular weight is 481 g/mol. The Labute approximate surface area is 152 Å². The molecule has 0 spiro atoms. The molecule has 0 nitrogen and oxygen atoms in total. The largest absolute Gasteiger partial charge is 4.00 e. The van der Waals surface area contributed by atoms with Gasteiger partial charge in [-0.2, -0.15) is 34.9 Å². The Bertz CT molecular complexity index is 339. The molecule has 0 aliphatic carbocycles. The molecule has 1 radical (unpaired) electrons. The second-order valence-corrected chi connectivity index (χ2v) is 5.09. The first kappa shape index (κ1) is 27.7. The van der Waals surface area contributed by atoms with Crippen molar-refractivity contribution >= 4 is 9.52 Å². The SMILES string of the molecule is C[SiH]C.C[c-]1cccc1.Cc1ccc[c-]1C.[Cl-].[Cl-].[Hf+4]. The molecule has 0 saturated heterocycles. The van der Waals surface area contributed by atoms with Crippen LogP contribution in [-0.4, -0.2) is 9.52 Å². The molecule has 0 aliphatic heterocycles. The van der Waals surface area contributed by atoms with Crippen molar-refractivity contribution in [3.8, 4) is 0 Å². The van der Waals surface area contributed by atoms with Crippen molar-refractivity contribution in [3.05, 3.63) is 59.2 Å². The molecule has 2 aromatic rings. The zero-order chi connectivity index (χ0) is 12.4. The van der Waals surface area contributed by atoms with Crippen LogP contribution in [-0.2, 0) is 25.8 Å². The predicted octanol–water partition coefficient (Wildman–Crippen LogP) is -1.74. The van der Waals surface area contributed by atoms with Crippen LogP contribution in [0.25, 0.3) is 0 Å². The molecule has 0 amide bonds. The van der Waals surface area contributed by atoms with Gasteiger partial charge in [-0.15, -0.1) is 0 Å². The Morgan fingerprint density at radius 1 is 0.895 bits per heavy atom. The molecule has 0 bridgehead atoms. The Morgan fingerprint density at radius 3 is 1.42 bits per heavy atom. The molecular formula is C15H23Cl2HfSi. The summed E-state index contributed by atoms with van der Waals surface area (Å²) in [6.45, 7) is 10.7. The molecule has 0 N–H and O–H groups in total. The Balaban J connectivity index is -0.0000000877. The van der Waals surface area contributed by atoms with E-state index in [1.807, 2.05) is 12.1 Å². The molecule has 0 heterocycles. The molecule has 2 aromatic carbocycles. The van der Waals surface area contributed by atoms with Gasteiger partial charge in [0, 0.05) is 9.52 Å². The first-order valence-corrected chi connectivity index (χ1v) is 8.04. The van der Waals surface area contributed by atoms with Gasteiger partial charge in [-0.3, -0.25) is 0 Å². The van der Waals surface area contributed by atoms with Gasteiger partial charge < -0.3 is 24.8 Å². The van der Waals surface area contributed by atoms with Crippen LogP contribution >= 0.6 is 0 Å². The second kappa shape index (κ2) is 18.4. The summed E-state index contributed by atoms with van der Waals surface area (Å²) in [4.78, 5) is 0. The first-order chi connectivity index (χ1) is 7.61. The van der Waals surface area contributed by atoms with Crippen LogP contribution in [0, 0.1) is 20.8 Å². The summed E-state index contributed by atoms with van der Waals surface area (Å²) in [6.07, 6.45) is 0. The zero-order valence-electron chi connectivity index (χ0n) is 12.4. The quantitative estimate of drug-likeness (QED) is 0.310. The first-order valence-electron chi connectivity index (χ1n) is 5.73. The van der Waals surface area contributed by atoms with Crippen LogP contribution in [0.5, 0.6) is 0 Å². The van der Waals surface area contributed by atoms with E-state index in [0.29, 0.717) is 0 Å². The molecule has 105 valence electrons. The van der Waals surface area contributed by atoms with Gasteiger partial charge >= 0.3 is 25.8 Å². The fourth-order valence-electron chi connectivity index (χ4n) is 1.07. The van der Waals surface area contributed by atoms with Crippen molar-refractivity contribution in [1.82, 2.24) is 0 Å². The molecule has 4 heteroatoms. The van der Waals surface area contributed by atoms with Crippen molar-refractivity contribution < 1.29 is 50.7 Å². The Morgan fingerprint density at radius 2 is 1.32 bits per heavy atom. The third-order valence-electron chi connectivity index (χ3n) is 2.14. The summed E-state index contributed by atoms with van der Waals surface area (Å²) in [5.74, 6) is 0.